The summed E-state index contributed by atoms with van der Waals surface area (Å²) in [6.07, 6.45) is 7.11. The number of aromatic nitrogens is 3. The zero-order chi connectivity index (χ0) is 25.8. The van der Waals surface area contributed by atoms with Crippen molar-refractivity contribution in [2.45, 2.75) is 52.4 Å². The average molecular weight is 502 g/mol. The van der Waals surface area contributed by atoms with Crippen molar-refractivity contribution < 1.29 is 9.90 Å². The van der Waals surface area contributed by atoms with Gasteiger partial charge in [0.2, 0.25) is 17.8 Å². The second kappa shape index (κ2) is 11.0. The molecular weight excluding hydrogens is 466 g/mol. The number of rotatable bonds is 6. The lowest BCUT2D eigenvalue weighted by molar-refractivity contribution is 0.102. The van der Waals surface area contributed by atoms with E-state index in [1.807, 2.05) is 32.0 Å². The van der Waals surface area contributed by atoms with E-state index in [4.69, 9.17) is 15.0 Å². The summed E-state index contributed by atoms with van der Waals surface area (Å²) in [7, 11) is 0. The van der Waals surface area contributed by atoms with Gasteiger partial charge in [-0.25, -0.2) is 0 Å². The zero-order valence-corrected chi connectivity index (χ0v) is 21.6. The van der Waals surface area contributed by atoms with Crippen LogP contribution in [0.2, 0.25) is 0 Å². The smallest absolute Gasteiger partial charge is 0.259 e. The molecule has 3 N–H and O–H groups in total. The predicted octanol–water partition coefficient (Wildman–Crippen LogP) is 5.17. The Kier molecular flexibility index (Phi) is 7.39. The van der Waals surface area contributed by atoms with Crippen LogP contribution in [-0.2, 0) is 0 Å². The van der Waals surface area contributed by atoms with Crippen molar-refractivity contribution in [2.75, 3.05) is 46.6 Å². The number of hydrogen-bond acceptors (Lipinski definition) is 8. The number of amides is 1. The number of phenols is 1. The molecule has 0 bridgehead atoms. The van der Waals surface area contributed by atoms with Crippen LogP contribution in [0.4, 0.5) is 29.2 Å². The Bertz CT molecular complexity index is 1230. The van der Waals surface area contributed by atoms with E-state index in [0.717, 1.165) is 80.6 Å². The fraction of sp³-hybridized carbons (Fsp3) is 0.429. The highest BCUT2D eigenvalue weighted by molar-refractivity contribution is 6.06. The maximum absolute atomic E-state index is 12.7. The SMILES string of the molecule is Cc1ccc(C(=O)Nc2ccc(Nc3nc(N4CCCCC4)nc(N4CCCCC4)n3)cc2C)c(O)c1. The number of benzene rings is 2. The second-order valence-corrected chi connectivity index (χ2v) is 9.98. The molecule has 2 saturated heterocycles. The Labute approximate surface area is 218 Å². The molecule has 194 valence electrons. The highest BCUT2D eigenvalue weighted by Crippen LogP contribution is 2.27. The van der Waals surface area contributed by atoms with Crippen molar-refractivity contribution in [3.63, 3.8) is 0 Å². The van der Waals surface area contributed by atoms with Crippen molar-refractivity contribution in [3.8, 4) is 5.75 Å². The third kappa shape index (κ3) is 5.93. The van der Waals surface area contributed by atoms with E-state index < -0.39 is 0 Å². The van der Waals surface area contributed by atoms with Gasteiger partial charge < -0.3 is 25.5 Å². The Hall–Kier alpha value is -3.88. The van der Waals surface area contributed by atoms with Gasteiger partial charge in [0.05, 0.1) is 5.56 Å². The fourth-order valence-corrected chi connectivity index (χ4v) is 4.91. The molecular formula is C28H35N7O2. The molecule has 2 aromatic carbocycles. The number of anilines is 5. The van der Waals surface area contributed by atoms with E-state index in [1.54, 1.807) is 18.2 Å². The summed E-state index contributed by atoms with van der Waals surface area (Å²) in [5, 5.41) is 16.4. The minimum absolute atomic E-state index is 0.0303. The van der Waals surface area contributed by atoms with Crippen LogP contribution in [0.3, 0.4) is 0 Å². The van der Waals surface area contributed by atoms with E-state index in [2.05, 4.69) is 20.4 Å². The number of carbonyl (C=O) groups excluding carboxylic acids is 1. The Morgan fingerprint density at radius 1 is 0.811 bits per heavy atom. The third-order valence-electron chi connectivity index (χ3n) is 7.02. The number of nitrogens with zero attached hydrogens (tertiary/aromatic N) is 5. The van der Waals surface area contributed by atoms with Gasteiger partial charge in [-0.15, -0.1) is 0 Å². The van der Waals surface area contributed by atoms with E-state index >= 15 is 0 Å². The summed E-state index contributed by atoms with van der Waals surface area (Å²) in [5.74, 6) is 1.61. The molecule has 0 unspecified atom stereocenters. The van der Waals surface area contributed by atoms with Crippen molar-refractivity contribution in [2.24, 2.45) is 0 Å². The number of phenolic OH excluding ortho intramolecular Hbond substituents is 1. The Balaban J connectivity index is 1.36. The summed E-state index contributed by atoms with van der Waals surface area (Å²) in [6, 6.07) is 10.7. The first-order chi connectivity index (χ1) is 18.0. The van der Waals surface area contributed by atoms with E-state index in [-0.39, 0.29) is 17.2 Å². The average Bonchev–Trinajstić information content (AvgIpc) is 2.91. The number of aromatic hydroxyl groups is 1. The lowest BCUT2D eigenvalue weighted by Crippen LogP contribution is -2.34. The largest absolute Gasteiger partial charge is 0.507 e. The molecule has 9 nitrogen and oxygen atoms in total. The number of aryl methyl sites for hydroxylation is 2. The lowest BCUT2D eigenvalue weighted by atomic mass is 10.1. The van der Waals surface area contributed by atoms with Crippen LogP contribution >= 0.6 is 0 Å². The molecule has 37 heavy (non-hydrogen) atoms. The highest BCUT2D eigenvalue weighted by atomic mass is 16.3. The van der Waals surface area contributed by atoms with Gasteiger partial charge in [0.1, 0.15) is 5.75 Å². The molecule has 9 heteroatoms. The molecule has 2 aliphatic rings. The van der Waals surface area contributed by atoms with Crippen molar-refractivity contribution in [1.82, 2.24) is 15.0 Å². The quantitative estimate of drug-likeness (QED) is 0.425. The molecule has 0 radical (unpaired) electrons. The number of piperidine rings is 2. The highest BCUT2D eigenvalue weighted by Gasteiger charge is 2.21. The molecule has 2 aliphatic heterocycles. The number of carbonyl (C=O) groups is 1. The molecule has 2 fully saturated rings. The summed E-state index contributed by atoms with van der Waals surface area (Å²) >= 11 is 0. The van der Waals surface area contributed by atoms with Crippen molar-refractivity contribution in [3.05, 3.63) is 53.1 Å². The van der Waals surface area contributed by atoms with Gasteiger partial charge in [0.15, 0.2) is 0 Å². The van der Waals surface area contributed by atoms with Crippen LogP contribution in [-0.4, -0.2) is 52.1 Å². The second-order valence-electron chi connectivity index (χ2n) is 9.98. The minimum atomic E-state index is -0.351. The summed E-state index contributed by atoms with van der Waals surface area (Å²) in [6.45, 7) is 7.66. The summed E-state index contributed by atoms with van der Waals surface area (Å²) < 4.78 is 0. The first-order valence-electron chi connectivity index (χ1n) is 13.2. The molecule has 3 aromatic rings. The van der Waals surface area contributed by atoms with Gasteiger partial charge in [-0.2, -0.15) is 15.0 Å². The molecule has 5 rings (SSSR count). The summed E-state index contributed by atoms with van der Waals surface area (Å²) in [5.41, 5.74) is 3.52. The van der Waals surface area contributed by atoms with Crippen LogP contribution in [0.25, 0.3) is 0 Å². The third-order valence-corrected chi connectivity index (χ3v) is 7.02. The van der Waals surface area contributed by atoms with Crippen LogP contribution < -0.4 is 20.4 Å². The molecule has 1 aromatic heterocycles. The zero-order valence-electron chi connectivity index (χ0n) is 21.6. The topological polar surface area (TPSA) is 107 Å². The van der Waals surface area contributed by atoms with Crippen LogP contribution in [0.1, 0.15) is 60.0 Å². The molecule has 0 spiro atoms. The normalized spacial score (nSPS) is 15.9. The van der Waals surface area contributed by atoms with Gasteiger partial charge >= 0.3 is 0 Å². The van der Waals surface area contributed by atoms with Crippen molar-refractivity contribution >= 4 is 35.1 Å². The van der Waals surface area contributed by atoms with Gasteiger partial charge in [0.25, 0.3) is 5.91 Å². The maximum Gasteiger partial charge on any atom is 0.259 e. The Morgan fingerprint density at radius 3 is 2.00 bits per heavy atom. The van der Waals surface area contributed by atoms with Gasteiger partial charge in [-0.1, -0.05) is 6.07 Å². The van der Waals surface area contributed by atoms with Crippen LogP contribution in [0.5, 0.6) is 5.75 Å². The maximum atomic E-state index is 12.7. The van der Waals surface area contributed by atoms with Crippen LogP contribution in [0, 0.1) is 13.8 Å². The molecule has 1 amide bonds. The first kappa shape index (κ1) is 24.8. The first-order valence-corrected chi connectivity index (χ1v) is 13.2. The Morgan fingerprint density at radius 2 is 1.43 bits per heavy atom. The van der Waals surface area contributed by atoms with E-state index in [0.29, 0.717) is 11.6 Å². The standard InChI is InChI=1S/C28H35N7O2/c1-19-9-11-22(24(36)17-19)25(37)30-23-12-10-21(18-20(23)2)29-26-31-27(34-13-5-3-6-14-34)33-28(32-26)35-15-7-4-8-16-35/h9-12,17-18,36H,3-8,13-16H2,1-2H3,(H,30,37)(H,29,31,32,33). The molecule has 0 aliphatic carbocycles. The number of hydrogen-bond donors (Lipinski definition) is 3. The van der Waals surface area contributed by atoms with Gasteiger partial charge in [-0.05, 0) is 93.8 Å². The van der Waals surface area contributed by atoms with E-state index in [9.17, 15) is 9.90 Å². The fourth-order valence-electron chi connectivity index (χ4n) is 4.91. The number of nitrogens with one attached hydrogen (secondary N) is 2. The molecule has 0 saturated carbocycles. The molecule has 3 heterocycles. The van der Waals surface area contributed by atoms with Crippen LogP contribution in [0.15, 0.2) is 36.4 Å². The minimum Gasteiger partial charge on any atom is -0.507 e. The summed E-state index contributed by atoms with van der Waals surface area (Å²) in [4.78, 5) is 31.6. The predicted molar refractivity (Wildman–Crippen MR) is 147 cm³/mol. The van der Waals surface area contributed by atoms with Crippen molar-refractivity contribution in [1.29, 1.82) is 0 Å². The lowest BCUT2D eigenvalue weighted by Gasteiger charge is -2.30. The van der Waals surface area contributed by atoms with Gasteiger partial charge in [-0.3, -0.25) is 4.79 Å². The van der Waals surface area contributed by atoms with E-state index in [1.165, 1.54) is 12.8 Å². The molecule has 0 atom stereocenters. The monoisotopic (exact) mass is 501 g/mol. The van der Waals surface area contributed by atoms with Gasteiger partial charge in [0, 0.05) is 37.6 Å².